The van der Waals surface area contributed by atoms with E-state index in [-0.39, 0.29) is 18.8 Å². The average Bonchev–Trinajstić information content (AvgIpc) is 2.37. The van der Waals surface area contributed by atoms with Gasteiger partial charge in [0.1, 0.15) is 23.8 Å². The smallest absolute Gasteiger partial charge is 0.329 e. The van der Waals surface area contributed by atoms with Gasteiger partial charge < -0.3 is 20.1 Å². The van der Waals surface area contributed by atoms with Gasteiger partial charge in [0.2, 0.25) is 0 Å². The molecule has 114 valence electrons. The highest BCUT2D eigenvalue weighted by atomic mass is 19.1. The van der Waals surface area contributed by atoms with Crippen molar-refractivity contribution in [3.8, 4) is 0 Å². The number of benzene rings is 1. The normalized spacial score (nSPS) is 16.2. The highest BCUT2D eigenvalue weighted by Gasteiger charge is 2.42. The van der Waals surface area contributed by atoms with Crippen molar-refractivity contribution < 1.29 is 28.2 Å². The van der Waals surface area contributed by atoms with Gasteiger partial charge in [-0.2, -0.15) is 0 Å². The molecule has 1 saturated heterocycles. The zero-order valence-corrected chi connectivity index (χ0v) is 11.2. The number of likely N-dealkylation sites (tertiary alicyclic amines) is 1. The maximum absolute atomic E-state index is 13.4. The molecule has 1 aliphatic heterocycles. The molecule has 6 nitrogen and oxygen atoms in total. The summed E-state index contributed by atoms with van der Waals surface area (Å²) in [6.45, 7) is 1.55. The van der Waals surface area contributed by atoms with E-state index < -0.39 is 35.8 Å². The number of amides is 2. The highest BCUT2D eigenvalue weighted by Crippen LogP contribution is 2.26. The van der Waals surface area contributed by atoms with Gasteiger partial charge in [0.25, 0.3) is 0 Å². The van der Waals surface area contributed by atoms with Crippen LogP contribution in [0.1, 0.15) is 6.92 Å². The molecule has 2 amide bonds. The minimum absolute atomic E-state index is 0.170. The van der Waals surface area contributed by atoms with E-state index in [9.17, 15) is 18.4 Å². The molecule has 2 rings (SSSR count). The molecule has 1 aromatic carbocycles. The highest BCUT2D eigenvalue weighted by molar-refractivity contribution is 5.90. The Morgan fingerprint density at radius 3 is 2.71 bits per heavy atom. The number of aliphatic carboxylic acids is 1. The van der Waals surface area contributed by atoms with E-state index in [1.54, 1.807) is 6.92 Å². The number of ether oxygens (including phenoxy) is 1. The van der Waals surface area contributed by atoms with E-state index in [4.69, 9.17) is 9.84 Å². The van der Waals surface area contributed by atoms with Gasteiger partial charge >= 0.3 is 12.0 Å². The van der Waals surface area contributed by atoms with Crippen molar-refractivity contribution in [3.63, 3.8) is 0 Å². The lowest BCUT2D eigenvalue weighted by atomic mass is 9.97. The number of halogens is 2. The average molecular weight is 300 g/mol. The number of carbonyl (C=O) groups is 2. The first-order chi connectivity index (χ1) is 9.79. The zero-order valence-electron chi connectivity index (χ0n) is 11.2. The van der Waals surface area contributed by atoms with Crippen LogP contribution in [0.3, 0.4) is 0 Å². The Balaban J connectivity index is 1.89. The van der Waals surface area contributed by atoms with Crippen LogP contribution in [0.25, 0.3) is 0 Å². The lowest BCUT2D eigenvalue weighted by molar-refractivity contribution is -0.159. The summed E-state index contributed by atoms with van der Waals surface area (Å²) >= 11 is 0. The van der Waals surface area contributed by atoms with Crippen LogP contribution in [0.2, 0.25) is 0 Å². The molecule has 1 aliphatic rings. The zero-order chi connectivity index (χ0) is 15.6. The van der Waals surface area contributed by atoms with E-state index in [2.05, 4.69) is 5.32 Å². The third-order valence-corrected chi connectivity index (χ3v) is 3.05. The molecule has 1 fully saturated rings. The van der Waals surface area contributed by atoms with Crippen LogP contribution < -0.4 is 5.32 Å². The largest absolute Gasteiger partial charge is 0.480 e. The van der Waals surface area contributed by atoms with Crippen LogP contribution in [-0.2, 0) is 9.53 Å². The number of hydrogen-bond donors (Lipinski definition) is 2. The predicted octanol–water partition coefficient (Wildman–Crippen LogP) is 1.67. The lowest BCUT2D eigenvalue weighted by Gasteiger charge is -2.46. The number of hydrogen-bond acceptors (Lipinski definition) is 3. The SMILES string of the molecule is CC1(OCC(=O)O)CN(C(=O)Nc2cc(F)ccc2F)C1. The second-order valence-corrected chi connectivity index (χ2v) is 5.04. The van der Waals surface area contributed by atoms with Crippen LogP contribution in [0.5, 0.6) is 0 Å². The second-order valence-electron chi connectivity index (χ2n) is 5.04. The Morgan fingerprint density at radius 1 is 1.43 bits per heavy atom. The molecule has 0 saturated carbocycles. The molecule has 1 heterocycles. The van der Waals surface area contributed by atoms with Crippen LogP contribution in [0, 0.1) is 11.6 Å². The summed E-state index contributed by atoms with van der Waals surface area (Å²) < 4.78 is 31.5. The number of carboxylic acid groups (broad SMARTS) is 1. The topological polar surface area (TPSA) is 78.9 Å². The van der Waals surface area contributed by atoms with Crippen molar-refractivity contribution in [3.05, 3.63) is 29.8 Å². The number of nitrogens with zero attached hydrogens (tertiary/aromatic N) is 1. The van der Waals surface area contributed by atoms with Crippen molar-refractivity contribution in [2.24, 2.45) is 0 Å². The van der Waals surface area contributed by atoms with Crippen molar-refractivity contribution in [1.29, 1.82) is 0 Å². The summed E-state index contributed by atoms with van der Waals surface area (Å²) in [6, 6.07) is 2.15. The fraction of sp³-hybridized carbons (Fsp3) is 0.385. The van der Waals surface area contributed by atoms with Gasteiger partial charge in [-0.15, -0.1) is 0 Å². The van der Waals surface area contributed by atoms with E-state index in [1.165, 1.54) is 4.90 Å². The standard InChI is InChI=1S/C13H14F2N2O4/c1-13(21-5-11(18)19)6-17(7-13)12(20)16-10-4-8(14)2-3-9(10)15/h2-4H,5-7H2,1H3,(H,16,20)(H,18,19). The van der Waals surface area contributed by atoms with Gasteiger partial charge in [-0.05, 0) is 19.1 Å². The molecular formula is C13H14F2N2O4. The minimum atomic E-state index is -1.10. The Bertz CT molecular complexity index is 573. The number of nitrogens with one attached hydrogen (secondary N) is 1. The first-order valence-corrected chi connectivity index (χ1v) is 6.16. The van der Waals surface area contributed by atoms with Gasteiger partial charge in [-0.1, -0.05) is 0 Å². The van der Waals surface area contributed by atoms with Crippen LogP contribution >= 0.6 is 0 Å². The molecule has 2 N–H and O–H groups in total. The summed E-state index contributed by atoms with van der Waals surface area (Å²) in [7, 11) is 0. The van der Waals surface area contributed by atoms with E-state index in [0.717, 1.165) is 18.2 Å². The molecule has 0 unspecified atom stereocenters. The summed E-state index contributed by atoms with van der Waals surface area (Å²) in [5.74, 6) is -2.50. The third-order valence-electron chi connectivity index (χ3n) is 3.05. The quantitative estimate of drug-likeness (QED) is 0.886. The Kier molecular flexibility index (Phi) is 4.08. The molecule has 21 heavy (non-hydrogen) atoms. The van der Waals surface area contributed by atoms with Crippen molar-refractivity contribution in [2.45, 2.75) is 12.5 Å². The van der Waals surface area contributed by atoms with Crippen molar-refractivity contribution in [2.75, 3.05) is 25.0 Å². The Labute approximate surface area is 119 Å². The van der Waals surface area contributed by atoms with Crippen molar-refractivity contribution >= 4 is 17.7 Å². The first-order valence-electron chi connectivity index (χ1n) is 6.16. The predicted molar refractivity (Wildman–Crippen MR) is 68.9 cm³/mol. The van der Waals surface area contributed by atoms with Crippen molar-refractivity contribution in [1.82, 2.24) is 4.90 Å². The molecule has 1 aromatic rings. The minimum Gasteiger partial charge on any atom is -0.480 e. The maximum atomic E-state index is 13.4. The van der Waals surface area contributed by atoms with Crippen LogP contribution in [0.15, 0.2) is 18.2 Å². The van der Waals surface area contributed by atoms with E-state index in [0.29, 0.717) is 0 Å². The first kappa shape index (κ1) is 15.2. The number of rotatable bonds is 4. The fourth-order valence-corrected chi connectivity index (χ4v) is 2.02. The summed E-state index contributed by atoms with van der Waals surface area (Å²) in [6.07, 6.45) is 0. The van der Waals surface area contributed by atoms with Gasteiger partial charge in [0, 0.05) is 6.07 Å². The molecular weight excluding hydrogens is 286 g/mol. The number of urea groups is 1. The van der Waals surface area contributed by atoms with Gasteiger partial charge in [-0.25, -0.2) is 18.4 Å². The Hall–Kier alpha value is -2.22. The molecule has 0 aliphatic carbocycles. The molecule has 0 spiro atoms. The molecule has 0 radical (unpaired) electrons. The summed E-state index contributed by atoms with van der Waals surface area (Å²) in [4.78, 5) is 23.6. The molecule has 0 bridgehead atoms. The fourth-order valence-electron chi connectivity index (χ4n) is 2.02. The Morgan fingerprint density at radius 2 is 2.10 bits per heavy atom. The third kappa shape index (κ3) is 3.66. The summed E-state index contributed by atoms with van der Waals surface area (Å²) in [5.41, 5.74) is -0.990. The van der Waals surface area contributed by atoms with Crippen LogP contribution in [-0.4, -0.2) is 47.3 Å². The molecule has 0 atom stereocenters. The molecule has 8 heteroatoms. The monoisotopic (exact) mass is 300 g/mol. The lowest BCUT2D eigenvalue weighted by Crippen LogP contribution is -2.64. The second kappa shape index (κ2) is 5.65. The van der Waals surface area contributed by atoms with Gasteiger partial charge in [0.15, 0.2) is 0 Å². The number of anilines is 1. The summed E-state index contributed by atoms with van der Waals surface area (Å²) in [5, 5.41) is 10.8. The van der Waals surface area contributed by atoms with E-state index in [1.807, 2.05) is 0 Å². The number of carboxylic acids is 1. The van der Waals surface area contributed by atoms with Gasteiger partial charge in [0.05, 0.1) is 18.8 Å². The maximum Gasteiger partial charge on any atom is 0.329 e. The van der Waals surface area contributed by atoms with Crippen LogP contribution in [0.4, 0.5) is 19.3 Å². The van der Waals surface area contributed by atoms with Gasteiger partial charge in [-0.3, -0.25) is 0 Å². The number of carbonyl (C=O) groups excluding carboxylic acids is 1. The van der Waals surface area contributed by atoms with E-state index >= 15 is 0 Å². The molecule has 0 aromatic heterocycles.